The highest BCUT2D eigenvalue weighted by molar-refractivity contribution is 9.11. The highest BCUT2D eigenvalue weighted by atomic mass is 79.9. The topological polar surface area (TPSA) is 142 Å². The molecule has 10 nitrogen and oxygen atoms in total. The van der Waals surface area contributed by atoms with Gasteiger partial charge in [-0.2, -0.15) is 0 Å². The molecule has 2 rings (SSSR count). The number of rotatable bonds is 6. The van der Waals surface area contributed by atoms with E-state index in [4.69, 9.17) is 4.74 Å². The number of amides is 1. The number of esters is 1. The lowest BCUT2D eigenvalue weighted by Crippen LogP contribution is -2.21. The predicted octanol–water partition coefficient (Wildman–Crippen LogP) is 4.13. The number of non-ortho nitro benzene ring substituents is 1. The number of nitrogens with zero attached hydrogens (tertiary/aromatic N) is 2. The Kier molecular flexibility index (Phi) is 6.80. The minimum atomic E-state index is -0.824. The number of carbonyl (C=O) groups is 2. The van der Waals surface area contributed by atoms with E-state index in [1.807, 2.05) is 0 Å². The number of anilines is 1. The van der Waals surface area contributed by atoms with Crippen molar-refractivity contribution in [1.29, 1.82) is 0 Å². The van der Waals surface area contributed by atoms with Crippen LogP contribution in [0.15, 0.2) is 39.3 Å². The summed E-state index contributed by atoms with van der Waals surface area (Å²) >= 11 is 6.25. The number of benzene rings is 2. The van der Waals surface area contributed by atoms with Gasteiger partial charge in [0.2, 0.25) is 0 Å². The third-order valence-electron chi connectivity index (χ3n) is 3.47. The number of nitrogens with one attached hydrogen (secondary N) is 1. The molecule has 0 fully saturated rings. The van der Waals surface area contributed by atoms with Crippen LogP contribution in [0, 0.1) is 27.2 Å². The van der Waals surface area contributed by atoms with E-state index in [-0.39, 0.29) is 37.1 Å². The first-order valence-corrected chi connectivity index (χ1v) is 9.04. The molecule has 0 unspecified atom stereocenters. The summed E-state index contributed by atoms with van der Waals surface area (Å²) in [6.07, 6.45) is 0. The molecule has 1 N–H and O–H groups in total. The Morgan fingerprint density at radius 1 is 1.07 bits per heavy atom. The van der Waals surface area contributed by atoms with Gasteiger partial charge in [0, 0.05) is 32.7 Å². The second-order valence-electron chi connectivity index (χ2n) is 5.42. The van der Waals surface area contributed by atoms with Crippen molar-refractivity contribution in [2.45, 2.75) is 6.92 Å². The Labute approximate surface area is 174 Å². The van der Waals surface area contributed by atoms with Crippen LogP contribution < -0.4 is 5.32 Å². The maximum absolute atomic E-state index is 12.0. The largest absolute Gasteiger partial charge is 0.452 e. The summed E-state index contributed by atoms with van der Waals surface area (Å²) in [6.45, 7) is 0.857. The first kappa shape index (κ1) is 21.4. The number of hydrogen-bond donors (Lipinski definition) is 1. The molecule has 12 heteroatoms. The molecule has 1 amide bonds. The first-order chi connectivity index (χ1) is 13.1. The number of ether oxygens (including phenoxy) is 1. The maximum Gasteiger partial charge on any atom is 0.338 e. The Balaban J connectivity index is 2.03. The number of aryl methyl sites for hydroxylation is 1. The van der Waals surface area contributed by atoms with E-state index in [1.54, 1.807) is 0 Å². The van der Waals surface area contributed by atoms with Crippen molar-refractivity contribution in [2.75, 3.05) is 11.9 Å². The molecule has 0 radical (unpaired) electrons. The third kappa shape index (κ3) is 5.10. The van der Waals surface area contributed by atoms with E-state index in [1.165, 1.54) is 37.3 Å². The fourth-order valence-electron chi connectivity index (χ4n) is 2.16. The van der Waals surface area contributed by atoms with E-state index in [0.717, 1.165) is 0 Å². The molecule has 146 valence electrons. The van der Waals surface area contributed by atoms with E-state index >= 15 is 0 Å². The smallest absolute Gasteiger partial charge is 0.338 e. The predicted molar refractivity (Wildman–Crippen MR) is 105 cm³/mol. The van der Waals surface area contributed by atoms with Crippen molar-refractivity contribution in [2.24, 2.45) is 0 Å². The Hall–Kier alpha value is -2.86. The minimum Gasteiger partial charge on any atom is -0.452 e. The van der Waals surface area contributed by atoms with Gasteiger partial charge in [-0.15, -0.1) is 0 Å². The van der Waals surface area contributed by atoms with Gasteiger partial charge in [-0.3, -0.25) is 25.0 Å². The number of nitro benzene ring substituents is 2. The minimum absolute atomic E-state index is 0.0635. The number of nitro groups is 2. The number of halogens is 2. The average molecular weight is 517 g/mol. The zero-order valence-electron chi connectivity index (χ0n) is 14.1. The van der Waals surface area contributed by atoms with Crippen LogP contribution in [0.2, 0.25) is 0 Å². The summed E-state index contributed by atoms with van der Waals surface area (Å²) in [5.41, 5.74) is 0.257. The van der Waals surface area contributed by atoms with E-state index in [9.17, 15) is 29.8 Å². The summed E-state index contributed by atoms with van der Waals surface area (Å²) in [5, 5.41) is 24.1. The first-order valence-electron chi connectivity index (χ1n) is 7.45. The molecule has 0 aromatic heterocycles. The van der Waals surface area contributed by atoms with Crippen molar-refractivity contribution >= 4 is 60.8 Å². The van der Waals surface area contributed by atoms with Gasteiger partial charge in [-0.25, -0.2) is 4.79 Å². The molecule has 0 spiro atoms. The summed E-state index contributed by atoms with van der Waals surface area (Å²) in [7, 11) is 0. The molecule has 0 aliphatic heterocycles. The van der Waals surface area contributed by atoms with Gasteiger partial charge in [0.1, 0.15) is 0 Å². The zero-order chi connectivity index (χ0) is 21.0. The molecule has 0 aliphatic rings. The lowest BCUT2D eigenvalue weighted by molar-refractivity contribution is -0.385. The van der Waals surface area contributed by atoms with Crippen molar-refractivity contribution in [3.63, 3.8) is 0 Å². The van der Waals surface area contributed by atoms with Gasteiger partial charge >= 0.3 is 5.97 Å². The molecule has 0 saturated carbocycles. The highest BCUT2D eigenvalue weighted by Gasteiger charge is 2.18. The summed E-state index contributed by atoms with van der Waals surface area (Å²) in [5.74, 6) is -1.50. The van der Waals surface area contributed by atoms with Gasteiger partial charge < -0.3 is 10.1 Å². The molecular weight excluding hydrogens is 506 g/mol. The average Bonchev–Trinajstić information content (AvgIpc) is 2.61. The molecule has 28 heavy (non-hydrogen) atoms. The molecule has 0 saturated heterocycles. The third-order valence-corrected chi connectivity index (χ3v) is 4.72. The van der Waals surface area contributed by atoms with Crippen LogP contribution in [0.4, 0.5) is 17.1 Å². The molecule has 2 aromatic carbocycles. The van der Waals surface area contributed by atoms with E-state index in [0.29, 0.717) is 0 Å². The highest BCUT2D eigenvalue weighted by Crippen LogP contribution is 2.35. The number of carbonyl (C=O) groups excluding carboxylic acids is 2. The van der Waals surface area contributed by atoms with Crippen LogP contribution >= 0.6 is 31.9 Å². The Bertz CT molecular complexity index is 971. The molecule has 0 heterocycles. The van der Waals surface area contributed by atoms with Crippen molar-refractivity contribution < 1.29 is 24.2 Å². The fraction of sp³-hybridized carbons (Fsp3) is 0.125. The molecule has 0 bridgehead atoms. The van der Waals surface area contributed by atoms with E-state index < -0.39 is 28.3 Å². The standard InChI is InChI=1S/C16H11Br2N3O7/c1-8-4-9(2-3-13(8)21(26)27)16(23)28-7-14(22)19-15-11(17)5-10(20(24)25)6-12(15)18/h2-6H,7H2,1H3,(H,19,22). The van der Waals surface area contributed by atoms with Gasteiger partial charge in [0.05, 0.1) is 21.1 Å². The normalized spacial score (nSPS) is 10.2. The van der Waals surface area contributed by atoms with Gasteiger partial charge in [0.25, 0.3) is 17.3 Å². The van der Waals surface area contributed by atoms with Crippen LogP contribution in [-0.4, -0.2) is 28.3 Å². The van der Waals surface area contributed by atoms with Gasteiger partial charge in [-0.1, -0.05) is 0 Å². The monoisotopic (exact) mass is 515 g/mol. The lowest BCUT2D eigenvalue weighted by atomic mass is 10.1. The molecule has 0 atom stereocenters. The zero-order valence-corrected chi connectivity index (χ0v) is 17.3. The van der Waals surface area contributed by atoms with Gasteiger partial charge in [-0.05, 0) is 50.9 Å². The summed E-state index contributed by atoms with van der Waals surface area (Å²) < 4.78 is 5.43. The van der Waals surface area contributed by atoms with Crippen LogP contribution in [0.5, 0.6) is 0 Å². The quantitative estimate of drug-likeness (QED) is 0.345. The summed E-state index contributed by atoms with van der Waals surface area (Å²) in [6, 6.07) is 6.13. The Morgan fingerprint density at radius 2 is 1.68 bits per heavy atom. The lowest BCUT2D eigenvalue weighted by Gasteiger charge is -2.10. The second-order valence-corrected chi connectivity index (χ2v) is 7.13. The van der Waals surface area contributed by atoms with Crippen LogP contribution in [-0.2, 0) is 9.53 Å². The van der Waals surface area contributed by atoms with Gasteiger partial charge in [0.15, 0.2) is 6.61 Å². The van der Waals surface area contributed by atoms with E-state index in [2.05, 4.69) is 37.2 Å². The van der Waals surface area contributed by atoms with Crippen molar-refractivity contribution in [1.82, 2.24) is 0 Å². The fourth-order valence-corrected chi connectivity index (χ4v) is 3.52. The molecular formula is C16H11Br2N3O7. The SMILES string of the molecule is Cc1cc(C(=O)OCC(=O)Nc2c(Br)cc([N+](=O)[O-])cc2Br)ccc1[N+](=O)[O-]. The molecule has 2 aromatic rings. The summed E-state index contributed by atoms with van der Waals surface area (Å²) in [4.78, 5) is 44.5. The Morgan fingerprint density at radius 3 is 2.18 bits per heavy atom. The maximum atomic E-state index is 12.0. The van der Waals surface area contributed by atoms with Crippen LogP contribution in [0.25, 0.3) is 0 Å². The van der Waals surface area contributed by atoms with Crippen molar-refractivity contribution in [3.05, 3.63) is 70.6 Å². The van der Waals surface area contributed by atoms with Crippen molar-refractivity contribution in [3.8, 4) is 0 Å². The number of hydrogen-bond acceptors (Lipinski definition) is 7. The van der Waals surface area contributed by atoms with Crippen LogP contribution in [0.3, 0.4) is 0 Å². The molecule has 0 aliphatic carbocycles. The second kappa shape index (κ2) is 8.89. The van der Waals surface area contributed by atoms with Crippen LogP contribution in [0.1, 0.15) is 15.9 Å².